The minimum Gasteiger partial charge on any atom is -0.467 e. The average Bonchev–Trinajstić information content (AvgIpc) is 3.47. The van der Waals surface area contributed by atoms with E-state index in [0.29, 0.717) is 33.0 Å². The molecule has 1 N–H and O–H groups in total. The number of furan rings is 1. The van der Waals surface area contributed by atoms with E-state index in [4.69, 9.17) is 16.6 Å². The number of amides is 1. The standard InChI is InChI=1S/C25H20N4O3S2/c1-16(17-8-3-2-4-9-17)29-24(31)20(34-25(29)33)14-19-22(26-15-18-10-7-13-32-18)27-21-11-5-6-12-28(21)23(19)30/h2-14,16,26H,15H2,1H3/b20-14-. The summed E-state index contributed by atoms with van der Waals surface area (Å²) in [6, 6.07) is 18.4. The molecule has 1 unspecified atom stereocenters. The van der Waals surface area contributed by atoms with E-state index in [1.807, 2.05) is 49.4 Å². The Kier molecular flexibility index (Phi) is 6.04. The molecule has 0 radical (unpaired) electrons. The SMILES string of the molecule is CC(c1ccccc1)N1C(=O)/C(=C/c2c(NCc3ccco3)nc3ccccn3c2=O)SC1=S. The van der Waals surface area contributed by atoms with Gasteiger partial charge in [0, 0.05) is 6.20 Å². The number of anilines is 1. The summed E-state index contributed by atoms with van der Waals surface area (Å²) in [7, 11) is 0. The number of carbonyl (C=O) groups excluding carboxylic acids is 1. The van der Waals surface area contributed by atoms with E-state index in [9.17, 15) is 9.59 Å². The van der Waals surface area contributed by atoms with Crippen LogP contribution < -0.4 is 10.9 Å². The molecule has 4 heterocycles. The molecule has 0 saturated carbocycles. The zero-order valence-electron chi connectivity index (χ0n) is 18.2. The molecule has 5 rings (SSSR count). The minimum absolute atomic E-state index is 0.230. The first kappa shape index (κ1) is 22.1. The van der Waals surface area contributed by atoms with Gasteiger partial charge < -0.3 is 9.73 Å². The molecule has 4 aromatic rings. The fourth-order valence-corrected chi connectivity index (χ4v) is 5.18. The van der Waals surface area contributed by atoms with Crippen molar-refractivity contribution in [2.75, 3.05) is 5.32 Å². The maximum Gasteiger partial charge on any atom is 0.267 e. The van der Waals surface area contributed by atoms with Gasteiger partial charge in [-0.15, -0.1) is 0 Å². The lowest BCUT2D eigenvalue weighted by Crippen LogP contribution is -2.31. The van der Waals surface area contributed by atoms with Crippen LogP contribution in [0.1, 0.15) is 29.9 Å². The highest BCUT2D eigenvalue weighted by atomic mass is 32.2. The van der Waals surface area contributed by atoms with Gasteiger partial charge in [0.1, 0.15) is 21.5 Å². The zero-order valence-corrected chi connectivity index (χ0v) is 19.8. The maximum absolute atomic E-state index is 13.4. The van der Waals surface area contributed by atoms with Crippen LogP contribution in [0.15, 0.2) is 87.2 Å². The van der Waals surface area contributed by atoms with Crippen LogP contribution in [0.5, 0.6) is 0 Å². The summed E-state index contributed by atoms with van der Waals surface area (Å²) in [5.74, 6) is 0.832. The topological polar surface area (TPSA) is 79.8 Å². The third-order valence-corrected chi connectivity index (χ3v) is 6.88. The molecular formula is C25H20N4O3S2. The molecule has 0 bridgehead atoms. The Morgan fingerprint density at radius 3 is 2.68 bits per heavy atom. The van der Waals surface area contributed by atoms with Crippen molar-refractivity contribution in [2.24, 2.45) is 0 Å². The number of fused-ring (bicyclic) bond motifs is 1. The lowest BCUT2D eigenvalue weighted by Gasteiger charge is -2.23. The Bertz CT molecular complexity index is 1460. The van der Waals surface area contributed by atoms with Gasteiger partial charge in [-0.3, -0.25) is 18.9 Å². The molecule has 0 aliphatic carbocycles. The minimum atomic E-state index is -0.283. The number of benzene rings is 1. The van der Waals surface area contributed by atoms with E-state index in [0.717, 1.165) is 5.56 Å². The summed E-state index contributed by atoms with van der Waals surface area (Å²) in [4.78, 5) is 33.3. The summed E-state index contributed by atoms with van der Waals surface area (Å²) in [5, 5.41) is 3.18. The lowest BCUT2D eigenvalue weighted by molar-refractivity contribution is -0.123. The van der Waals surface area contributed by atoms with Crippen LogP contribution in [0, 0.1) is 0 Å². The van der Waals surface area contributed by atoms with Gasteiger partial charge >= 0.3 is 0 Å². The quantitative estimate of drug-likeness (QED) is 0.307. The molecule has 9 heteroatoms. The van der Waals surface area contributed by atoms with Crippen LogP contribution in [-0.2, 0) is 11.3 Å². The molecule has 34 heavy (non-hydrogen) atoms. The summed E-state index contributed by atoms with van der Waals surface area (Å²) in [6.45, 7) is 2.28. The fraction of sp³-hybridized carbons (Fsp3) is 0.120. The second-order valence-corrected chi connectivity index (χ2v) is 9.36. The Hall–Kier alpha value is -3.69. The number of carbonyl (C=O) groups is 1. The molecule has 1 fully saturated rings. The number of aromatic nitrogens is 2. The molecule has 1 aliphatic rings. The molecule has 1 saturated heterocycles. The van der Waals surface area contributed by atoms with Gasteiger partial charge in [0.25, 0.3) is 11.5 Å². The summed E-state index contributed by atoms with van der Waals surface area (Å²) < 4.78 is 7.29. The van der Waals surface area contributed by atoms with Crippen molar-refractivity contribution in [3.63, 3.8) is 0 Å². The maximum atomic E-state index is 13.4. The number of thiocarbonyl (C=S) groups is 1. The third kappa shape index (κ3) is 4.15. The summed E-state index contributed by atoms with van der Waals surface area (Å²) in [5.41, 5.74) is 1.47. The van der Waals surface area contributed by atoms with Gasteiger partial charge in [-0.2, -0.15) is 0 Å². The molecule has 7 nitrogen and oxygen atoms in total. The van der Waals surface area contributed by atoms with Gasteiger partial charge in [0.05, 0.1) is 29.3 Å². The van der Waals surface area contributed by atoms with Crippen molar-refractivity contribution in [1.29, 1.82) is 0 Å². The van der Waals surface area contributed by atoms with E-state index in [1.54, 1.807) is 41.6 Å². The lowest BCUT2D eigenvalue weighted by atomic mass is 10.1. The highest BCUT2D eigenvalue weighted by Crippen LogP contribution is 2.38. The van der Waals surface area contributed by atoms with E-state index in [1.165, 1.54) is 16.2 Å². The predicted molar refractivity (Wildman–Crippen MR) is 137 cm³/mol. The molecule has 1 aliphatic heterocycles. The van der Waals surface area contributed by atoms with Crippen molar-refractivity contribution in [3.8, 4) is 0 Å². The number of thioether (sulfide) groups is 1. The summed E-state index contributed by atoms with van der Waals surface area (Å²) in [6.07, 6.45) is 4.82. The Balaban J connectivity index is 1.54. The summed E-state index contributed by atoms with van der Waals surface area (Å²) >= 11 is 6.72. The van der Waals surface area contributed by atoms with Crippen LogP contribution in [0.2, 0.25) is 0 Å². The Labute approximate surface area is 205 Å². The largest absolute Gasteiger partial charge is 0.467 e. The third-order valence-electron chi connectivity index (χ3n) is 5.55. The second kappa shape index (κ2) is 9.28. The molecule has 3 aromatic heterocycles. The molecule has 1 atom stereocenters. The highest BCUT2D eigenvalue weighted by Gasteiger charge is 2.36. The smallest absolute Gasteiger partial charge is 0.267 e. The number of hydrogen-bond acceptors (Lipinski definition) is 7. The second-order valence-electron chi connectivity index (χ2n) is 7.68. The van der Waals surface area contributed by atoms with Crippen molar-refractivity contribution in [2.45, 2.75) is 19.5 Å². The number of nitrogens with zero attached hydrogens (tertiary/aromatic N) is 3. The first-order valence-corrected chi connectivity index (χ1v) is 11.8. The van der Waals surface area contributed by atoms with Gasteiger partial charge in [-0.1, -0.05) is 60.4 Å². The monoisotopic (exact) mass is 488 g/mol. The molecule has 170 valence electrons. The average molecular weight is 489 g/mol. The van der Waals surface area contributed by atoms with Crippen LogP contribution in [0.3, 0.4) is 0 Å². The normalized spacial score (nSPS) is 15.9. The van der Waals surface area contributed by atoms with Crippen LogP contribution in [0.25, 0.3) is 11.7 Å². The van der Waals surface area contributed by atoms with Gasteiger partial charge in [-0.25, -0.2) is 4.98 Å². The highest BCUT2D eigenvalue weighted by molar-refractivity contribution is 8.26. The van der Waals surface area contributed by atoms with E-state index in [2.05, 4.69) is 10.3 Å². The van der Waals surface area contributed by atoms with Crippen LogP contribution in [0.4, 0.5) is 5.82 Å². The van der Waals surface area contributed by atoms with Gasteiger partial charge in [0.15, 0.2) is 0 Å². The first-order chi connectivity index (χ1) is 16.5. The number of nitrogens with one attached hydrogen (secondary N) is 1. The van der Waals surface area contributed by atoms with Crippen LogP contribution in [-0.4, -0.2) is 24.5 Å². The molecule has 1 aromatic carbocycles. The first-order valence-electron chi connectivity index (χ1n) is 10.6. The van der Waals surface area contributed by atoms with Crippen molar-refractivity contribution in [3.05, 3.63) is 105 Å². The van der Waals surface area contributed by atoms with Gasteiger partial charge in [0.2, 0.25) is 0 Å². The number of hydrogen-bond donors (Lipinski definition) is 1. The van der Waals surface area contributed by atoms with E-state index < -0.39 is 0 Å². The zero-order chi connectivity index (χ0) is 23.7. The number of pyridine rings is 1. The van der Waals surface area contributed by atoms with Crippen molar-refractivity contribution >= 4 is 51.7 Å². The molecule has 0 spiro atoms. The van der Waals surface area contributed by atoms with Gasteiger partial charge in [-0.05, 0) is 42.8 Å². The van der Waals surface area contributed by atoms with Crippen LogP contribution >= 0.6 is 24.0 Å². The Morgan fingerprint density at radius 1 is 1.12 bits per heavy atom. The Morgan fingerprint density at radius 2 is 1.91 bits per heavy atom. The number of rotatable bonds is 6. The van der Waals surface area contributed by atoms with Crippen molar-refractivity contribution in [1.82, 2.24) is 14.3 Å². The van der Waals surface area contributed by atoms with Crippen molar-refractivity contribution < 1.29 is 9.21 Å². The fourth-order valence-electron chi connectivity index (χ4n) is 3.78. The van der Waals surface area contributed by atoms with E-state index in [-0.39, 0.29) is 23.1 Å². The molecule has 1 amide bonds. The van der Waals surface area contributed by atoms with E-state index >= 15 is 0 Å². The molecular weight excluding hydrogens is 468 g/mol. The predicted octanol–water partition coefficient (Wildman–Crippen LogP) is 4.86.